The van der Waals surface area contributed by atoms with Crippen molar-refractivity contribution < 1.29 is 19.1 Å². The van der Waals surface area contributed by atoms with E-state index in [1.54, 1.807) is 7.05 Å². The third-order valence-electron chi connectivity index (χ3n) is 2.84. The number of carbonyl (C=O) groups is 2. The third-order valence-corrected chi connectivity index (χ3v) is 4.00. The Morgan fingerprint density at radius 1 is 1.00 bits per heavy atom. The minimum Gasteiger partial charge on any atom is -0.465 e. The summed E-state index contributed by atoms with van der Waals surface area (Å²) < 4.78 is 10.9. The van der Waals surface area contributed by atoms with Crippen molar-refractivity contribution in [2.75, 3.05) is 14.2 Å². The van der Waals surface area contributed by atoms with Crippen LogP contribution in [0.2, 0.25) is 0 Å². The van der Waals surface area contributed by atoms with E-state index in [4.69, 9.17) is 0 Å². The smallest absolute Gasteiger partial charge is 0.339 e. The maximum absolute atomic E-state index is 11.2. The van der Waals surface area contributed by atoms with Crippen LogP contribution in [0.15, 0.2) is 43.1 Å². The van der Waals surface area contributed by atoms with E-state index in [-0.39, 0.29) is 11.1 Å². The van der Waals surface area contributed by atoms with Gasteiger partial charge >= 0.3 is 11.9 Å². The summed E-state index contributed by atoms with van der Waals surface area (Å²) in [6, 6.07) is 2.85. The van der Waals surface area contributed by atoms with Crippen LogP contribution in [0.5, 0.6) is 0 Å². The summed E-state index contributed by atoms with van der Waals surface area (Å²) >= 11 is 6.05. The number of pyridine rings is 2. The molecule has 0 unspecified atom stereocenters. The summed E-state index contributed by atoms with van der Waals surface area (Å²) in [5, 5.41) is 0. The van der Waals surface area contributed by atoms with Gasteiger partial charge in [0.25, 0.3) is 11.1 Å². The average molecular weight is 478 g/mol. The monoisotopic (exact) mass is 476 g/mol. The molecule has 10 heteroatoms. The molecule has 0 radical (unpaired) electrons. The zero-order valence-corrected chi connectivity index (χ0v) is 16.6. The third kappa shape index (κ3) is 5.68. The van der Waals surface area contributed by atoms with Crippen LogP contribution < -0.4 is 11.1 Å². The standard InChI is InChI=1S/C8H8BrNO3.C7H6BrNO3/c1-10-4-5(8(12)13-2)3-6(9)7(10)11;1-12-7(11)4-2-5(8)6(10)9-3-4/h3-4H,1-2H3;2-3H,1H3,(H,9,10). The molecule has 0 bridgehead atoms. The highest BCUT2D eigenvalue weighted by molar-refractivity contribution is 9.10. The lowest BCUT2D eigenvalue weighted by Crippen LogP contribution is -2.19. The van der Waals surface area contributed by atoms with Crippen LogP contribution in [-0.2, 0) is 16.5 Å². The zero-order valence-electron chi connectivity index (χ0n) is 13.5. The van der Waals surface area contributed by atoms with E-state index in [0.717, 1.165) is 0 Å². The second-order valence-corrected chi connectivity index (χ2v) is 6.25. The molecule has 134 valence electrons. The number of aromatic amines is 1. The van der Waals surface area contributed by atoms with Gasteiger partial charge in [0.2, 0.25) is 0 Å². The second-order valence-electron chi connectivity index (χ2n) is 4.54. The number of hydrogen-bond donors (Lipinski definition) is 1. The van der Waals surface area contributed by atoms with Gasteiger partial charge in [-0.1, -0.05) is 0 Å². The number of carbonyl (C=O) groups excluding carboxylic acids is 2. The lowest BCUT2D eigenvalue weighted by molar-refractivity contribution is 0.0591. The molecule has 0 aliphatic rings. The number of aromatic nitrogens is 2. The van der Waals surface area contributed by atoms with Crippen LogP contribution >= 0.6 is 31.9 Å². The Hall–Kier alpha value is -2.20. The molecule has 0 saturated heterocycles. The van der Waals surface area contributed by atoms with Gasteiger partial charge in [0, 0.05) is 19.4 Å². The molecule has 1 N–H and O–H groups in total. The normalized spacial score (nSPS) is 9.64. The molecular formula is C15H14Br2N2O6. The number of halogens is 2. The van der Waals surface area contributed by atoms with Crippen molar-refractivity contribution in [3.63, 3.8) is 0 Å². The van der Waals surface area contributed by atoms with Crippen LogP contribution in [0.25, 0.3) is 0 Å². The Morgan fingerprint density at radius 3 is 2.00 bits per heavy atom. The number of methoxy groups -OCH3 is 2. The van der Waals surface area contributed by atoms with Crippen molar-refractivity contribution in [2.24, 2.45) is 7.05 Å². The van der Waals surface area contributed by atoms with E-state index < -0.39 is 11.9 Å². The molecule has 2 aromatic heterocycles. The molecule has 0 aromatic carbocycles. The fraction of sp³-hybridized carbons (Fsp3) is 0.200. The van der Waals surface area contributed by atoms with Gasteiger partial charge in [-0.05, 0) is 44.0 Å². The minimum atomic E-state index is -0.480. The van der Waals surface area contributed by atoms with E-state index in [2.05, 4.69) is 46.3 Å². The lowest BCUT2D eigenvalue weighted by Gasteiger charge is -2.02. The number of hydrogen-bond acceptors (Lipinski definition) is 6. The first-order valence-electron chi connectivity index (χ1n) is 6.62. The summed E-state index contributed by atoms with van der Waals surface area (Å²) in [5.74, 6) is -0.941. The van der Waals surface area contributed by atoms with E-state index in [9.17, 15) is 19.2 Å². The molecule has 0 aliphatic heterocycles. The highest BCUT2D eigenvalue weighted by Crippen LogP contribution is 2.07. The molecule has 2 heterocycles. The van der Waals surface area contributed by atoms with Crippen LogP contribution in [0, 0.1) is 0 Å². The van der Waals surface area contributed by atoms with Gasteiger partial charge in [0.05, 0.1) is 34.3 Å². The average Bonchev–Trinajstić information content (AvgIpc) is 2.60. The van der Waals surface area contributed by atoms with Gasteiger partial charge in [-0.15, -0.1) is 0 Å². The van der Waals surface area contributed by atoms with Crippen molar-refractivity contribution in [1.29, 1.82) is 0 Å². The van der Waals surface area contributed by atoms with E-state index in [0.29, 0.717) is 20.1 Å². The van der Waals surface area contributed by atoms with Crippen molar-refractivity contribution in [2.45, 2.75) is 0 Å². The summed E-state index contributed by atoms with van der Waals surface area (Å²) in [5.41, 5.74) is 0.191. The Labute approximate surface area is 159 Å². The number of esters is 2. The van der Waals surface area contributed by atoms with Crippen molar-refractivity contribution in [1.82, 2.24) is 9.55 Å². The number of nitrogens with one attached hydrogen (secondary N) is 1. The number of aryl methyl sites for hydroxylation is 1. The molecule has 0 fully saturated rings. The zero-order chi connectivity index (χ0) is 19.1. The maximum atomic E-state index is 11.2. The lowest BCUT2D eigenvalue weighted by atomic mass is 10.3. The highest BCUT2D eigenvalue weighted by atomic mass is 79.9. The quantitative estimate of drug-likeness (QED) is 0.661. The predicted molar refractivity (Wildman–Crippen MR) is 96.8 cm³/mol. The predicted octanol–water partition coefficient (Wildman–Crippen LogP) is 1.86. The first kappa shape index (κ1) is 20.8. The van der Waals surface area contributed by atoms with Crippen molar-refractivity contribution in [3.05, 3.63) is 65.3 Å². The Morgan fingerprint density at radius 2 is 1.52 bits per heavy atom. The van der Waals surface area contributed by atoms with Gasteiger partial charge in [-0.25, -0.2) is 9.59 Å². The van der Waals surface area contributed by atoms with Gasteiger partial charge < -0.3 is 19.0 Å². The Balaban J connectivity index is 0.000000251. The van der Waals surface area contributed by atoms with E-state index >= 15 is 0 Å². The van der Waals surface area contributed by atoms with Crippen LogP contribution in [-0.4, -0.2) is 35.7 Å². The first-order chi connectivity index (χ1) is 11.7. The number of rotatable bonds is 2. The maximum Gasteiger partial charge on any atom is 0.339 e. The topological polar surface area (TPSA) is 107 Å². The van der Waals surface area contributed by atoms with Gasteiger partial charge in [0.1, 0.15) is 0 Å². The second kappa shape index (κ2) is 9.33. The van der Waals surface area contributed by atoms with Gasteiger partial charge in [0.15, 0.2) is 0 Å². The van der Waals surface area contributed by atoms with Gasteiger partial charge in [-0.2, -0.15) is 0 Å². The molecule has 8 nitrogen and oxygen atoms in total. The number of nitrogens with zero attached hydrogens (tertiary/aromatic N) is 1. The minimum absolute atomic E-state index is 0.187. The Kier molecular flexibility index (Phi) is 7.78. The highest BCUT2D eigenvalue weighted by Gasteiger charge is 2.09. The summed E-state index contributed by atoms with van der Waals surface area (Å²) in [6.07, 6.45) is 2.73. The SMILES string of the molecule is COC(=O)c1c[nH]c(=O)c(Br)c1.COC(=O)c1cc(Br)c(=O)n(C)c1. The molecule has 0 saturated carbocycles. The molecule has 2 rings (SSSR count). The molecule has 0 spiro atoms. The number of H-pyrrole nitrogens is 1. The fourth-order valence-corrected chi connectivity index (χ4v) is 2.48. The first-order valence-corrected chi connectivity index (χ1v) is 8.20. The molecule has 2 aromatic rings. The fourth-order valence-electron chi connectivity index (χ4n) is 1.59. The van der Waals surface area contributed by atoms with Gasteiger partial charge in [-0.3, -0.25) is 9.59 Å². The molecule has 0 amide bonds. The van der Waals surface area contributed by atoms with Crippen molar-refractivity contribution >= 4 is 43.8 Å². The van der Waals surface area contributed by atoms with Crippen LogP contribution in [0.3, 0.4) is 0 Å². The summed E-state index contributed by atoms with van der Waals surface area (Å²) in [4.78, 5) is 46.4. The summed E-state index contributed by atoms with van der Waals surface area (Å²) in [7, 11) is 4.14. The van der Waals surface area contributed by atoms with Crippen LogP contribution in [0.4, 0.5) is 0 Å². The number of ether oxygens (including phenoxy) is 2. The van der Waals surface area contributed by atoms with Crippen molar-refractivity contribution in [3.8, 4) is 0 Å². The van der Waals surface area contributed by atoms with E-state index in [1.807, 2.05) is 0 Å². The molecular weight excluding hydrogens is 464 g/mol. The Bertz CT molecular complexity index is 877. The molecule has 25 heavy (non-hydrogen) atoms. The summed E-state index contributed by atoms with van der Waals surface area (Å²) in [6.45, 7) is 0. The molecule has 0 aliphatic carbocycles. The van der Waals surface area contributed by atoms with Crippen LogP contribution in [0.1, 0.15) is 20.7 Å². The largest absolute Gasteiger partial charge is 0.465 e. The molecule has 0 atom stereocenters. The van der Waals surface area contributed by atoms with E-state index in [1.165, 1.54) is 43.3 Å².